The van der Waals surface area contributed by atoms with E-state index in [2.05, 4.69) is 16.0 Å². The average molecular weight is 341 g/mol. The molecule has 6 heteroatoms. The maximum Gasteiger partial charge on any atom is 0.323 e. The van der Waals surface area contributed by atoms with Gasteiger partial charge < -0.3 is 16.0 Å². The van der Waals surface area contributed by atoms with Gasteiger partial charge in [-0.15, -0.1) is 0 Å². The first kappa shape index (κ1) is 16.4. The van der Waals surface area contributed by atoms with Crippen molar-refractivity contribution in [1.82, 2.24) is 5.32 Å². The van der Waals surface area contributed by atoms with E-state index in [1.807, 2.05) is 30.0 Å². The summed E-state index contributed by atoms with van der Waals surface area (Å²) in [7, 11) is 0. The van der Waals surface area contributed by atoms with Gasteiger partial charge in [-0.25, -0.2) is 4.79 Å². The molecular weight excluding hydrogens is 322 g/mol. The minimum atomic E-state index is -0.377. The lowest BCUT2D eigenvalue weighted by atomic mass is 10.1. The van der Waals surface area contributed by atoms with Crippen molar-refractivity contribution in [3.63, 3.8) is 0 Å². The fraction of sp³-hybridized carbons (Fsp3) is 0.222. The zero-order valence-electron chi connectivity index (χ0n) is 13.1. The van der Waals surface area contributed by atoms with Crippen molar-refractivity contribution < 1.29 is 9.59 Å². The van der Waals surface area contributed by atoms with Crippen LogP contribution in [0.4, 0.5) is 16.2 Å². The number of carbonyl (C=O) groups excluding carboxylic acids is 2. The maximum atomic E-state index is 12.5. The second kappa shape index (κ2) is 7.88. The first-order valence-electron chi connectivity index (χ1n) is 7.83. The fourth-order valence-electron chi connectivity index (χ4n) is 2.51. The third kappa shape index (κ3) is 4.29. The van der Waals surface area contributed by atoms with Gasteiger partial charge in [0.15, 0.2) is 0 Å². The van der Waals surface area contributed by atoms with Crippen LogP contribution in [0.5, 0.6) is 0 Å². The Hall–Kier alpha value is -2.47. The highest BCUT2D eigenvalue weighted by Gasteiger charge is 2.20. The van der Waals surface area contributed by atoms with E-state index in [0.29, 0.717) is 16.9 Å². The van der Waals surface area contributed by atoms with Crippen LogP contribution in [-0.2, 0) is 0 Å². The molecule has 5 nitrogen and oxygen atoms in total. The van der Waals surface area contributed by atoms with Crippen LogP contribution in [0, 0.1) is 0 Å². The van der Waals surface area contributed by atoms with Crippen LogP contribution >= 0.6 is 11.8 Å². The Morgan fingerprint density at radius 3 is 2.46 bits per heavy atom. The molecule has 124 valence electrons. The quantitative estimate of drug-likeness (QED) is 0.796. The van der Waals surface area contributed by atoms with Crippen LogP contribution in [0.2, 0.25) is 0 Å². The molecule has 1 aliphatic heterocycles. The molecule has 1 fully saturated rings. The molecule has 2 aromatic carbocycles. The Labute approximate surface area is 145 Å². The third-order valence-electron chi connectivity index (χ3n) is 3.72. The topological polar surface area (TPSA) is 70.2 Å². The second-order valence-corrected chi connectivity index (χ2v) is 6.67. The Kier molecular flexibility index (Phi) is 5.38. The third-order valence-corrected chi connectivity index (χ3v) is 4.88. The number of carbonyl (C=O) groups is 2. The van der Waals surface area contributed by atoms with E-state index in [9.17, 15) is 9.59 Å². The zero-order chi connectivity index (χ0) is 16.8. The number of hydrogen-bond acceptors (Lipinski definition) is 3. The van der Waals surface area contributed by atoms with Gasteiger partial charge in [-0.2, -0.15) is 11.8 Å². The Morgan fingerprint density at radius 2 is 1.71 bits per heavy atom. The number of nitrogens with one attached hydrogen (secondary N) is 3. The van der Waals surface area contributed by atoms with Crippen molar-refractivity contribution in [2.24, 2.45) is 0 Å². The van der Waals surface area contributed by atoms with Crippen molar-refractivity contribution in [3.8, 4) is 0 Å². The standard InChI is InChI=1S/C18H19N3O2S/c22-17(19-14-10-11-24-12-14)15-8-4-5-9-16(15)21-18(23)20-13-6-2-1-3-7-13/h1-9,14H,10-12H2,(H,19,22)(H2,20,21,23)/t14-/m0/s1. The van der Waals surface area contributed by atoms with E-state index in [1.54, 1.807) is 36.4 Å². The zero-order valence-corrected chi connectivity index (χ0v) is 13.9. The minimum absolute atomic E-state index is 0.155. The van der Waals surface area contributed by atoms with Crippen LogP contribution in [-0.4, -0.2) is 29.5 Å². The Bertz CT molecular complexity index is 715. The van der Waals surface area contributed by atoms with Gasteiger partial charge in [0.05, 0.1) is 11.3 Å². The summed E-state index contributed by atoms with van der Waals surface area (Å²) in [6.07, 6.45) is 0.987. The Morgan fingerprint density at radius 1 is 0.958 bits per heavy atom. The summed E-state index contributed by atoms with van der Waals surface area (Å²) in [5.74, 6) is 1.86. The number of anilines is 2. The summed E-state index contributed by atoms with van der Waals surface area (Å²) in [6.45, 7) is 0. The normalized spacial score (nSPS) is 16.4. The van der Waals surface area contributed by atoms with Crippen molar-refractivity contribution in [2.75, 3.05) is 22.1 Å². The molecule has 0 aliphatic carbocycles. The molecule has 3 amide bonds. The van der Waals surface area contributed by atoms with Crippen molar-refractivity contribution in [2.45, 2.75) is 12.5 Å². The van der Waals surface area contributed by atoms with Gasteiger partial charge in [0.1, 0.15) is 0 Å². The molecule has 1 atom stereocenters. The van der Waals surface area contributed by atoms with Gasteiger partial charge in [-0.3, -0.25) is 4.79 Å². The summed E-state index contributed by atoms with van der Waals surface area (Å²) < 4.78 is 0. The highest BCUT2D eigenvalue weighted by Crippen LogP contribution is 2.20. The second-order valence-electron chi connectivity index (χ2n) is 5.52. The van der Waals surface area contributed by atoms with Gasteiger partial charge in [0.25, 0.3) is 5.91 Å². The van der Waals surface area contributed by atoms with E-state index in [1.165, 1.54) is 0 Å². The molecule has 24 heavy (non-hydrogen) atoms. The van der Waals surface area contributed by atoms with Gasteiger partial charge in [0, 0.05) is 17.5 Å². The number of para-hydroxylation sites is 2. The van der Waals surface area contributed by atoms with Crippen LogP contribution < -0.4 is 16.0 Å². The smallest absolute Gasteiger partial charge is 0.323 e. The highest BCUT2D eigenvalue weighted by atomic mass is 32.2. The highest BCUT2D eigenvalue weighted by molar-refractivity contribution is 7.99. The first-order valence-corrected chi connectivity index (χ1v) is 8.98. The van der Waals surface area contributed by atoms with Gasteiger partial charge >= 0.3 is 6.03 Å². The number of thioether (sulfide) groups is 1. The van der Waals surface area contributed by atoms with Crippen LogP contribution in [0.3, 0.4) is 0 Å². The summed E-state index contributed by atoms with van der Waals surface area (Å²) in [4.78, 5) is 24.6. The van der Waals surface area contributed by atoms with E-state index in [0.717, 1.165) is 17.9 Å². The summed E-state index contributed by atoms with van der Waals surface area (Å²) in [5.41, 5.74) is 1.66. The van der Waals surface area contributed by atoms with Crippen LogP contribution in [0.1, 0.15) is 16.8 Å². The maximum absolute atomic E-state index is 12.5. The first-order chi connectivity index (χ1) is 11.7. The molecule has 0 unspecified atom stereocenters. The number of benzene rings is 2. The lowest BCUT2D eigenvalue weighted by Gasteiger charge is -2.15. The van der Waals surface area contributed by atoms with E-state index < -0.39 is 0 Å². The molecule has 3 rings (SSSR count). The SMILES string of the molecule is O=C(Nc1ccccc1)Nc1ccccc1C(=O)N[C@H]1CCSC1. The molecule has 0 aromatic heterocycles. The van der Waals surface area contributed by atoms with E-state index in [4.69, 9.17) is 0 Å². The number of amides is 3. The number of urea groups is 1. The number of hydrogen-bond donors (Lipinski definition) is 3. The molecule has 3 N–H and O–H groups in total. The van der Waals surface area contributed by atoms with Gasteiger partial charge in [0.2, 0.25) is 0 Å². The molecule has 2 aromatic rings. The van der Waals surface area contributed by atoms with Gasteiger partial charge in [-0.05, 0) is 36.4 Å². The molecular formula is C18H19N3O2S. The molecule has 0 radical (unpaired) electrons. The van der Waals surface area contributed by atoms with Crippen LogP contribution in [0.25, 0.3) is 0 Å². The van der Waals surface area contributed by atoms with Crippen molar-refractivity contribution in [3.05, 3.63) is 60.2 Å². The average Bonchev–Trinajstić information content (AvgIpc) is 3.09. The molecule has 1 aliphatic rings. The largest absolute Gasteiger partial charge is 0.348 e. The molecule has 0 bridgehead atoms. The van der Waals surface area contributed by atoms with Gasteiger partial charge in [-0.1, -0.05) is 30.3 Å². The Balaban J connectivity index is 1.67. The lowest BCUT2D eigenvalue weighted by Crippen LogP contribution is -2.35. The van der Waals surface area contributed by atoms with Crippen molar-refractivity contribution in [1.29, 1.82) is 0 Å². The minimum Gasteiger partial charge on any atom is -0.348 e. The predicted octanol–water partition coefficient (Wildman–Crippen LogP) is 3.57. The predicted molar refractivity (Wildman–Crippen MR) is 98.7 cm³/mol. The summed E-state index contributed by atoms with van der Waals surface area (Å²) in [6, 6.07) is 16.0. The summed E-state index contributed by atoms with van der Waals surface area (Å²) in [5, 5.41) is 8.52. The summed E-state index contributed by atoms with van der Waals surface area (Å²) >= 11 is 1.84. The molecule has 1 saturated heterocycles. The van der Waals surface area contributed by atoms with E-state index >= 15 is 0 Å². The lowest BCUT2D eigenvalue weighted by molar-refractivity contribution is 0.0942. The number of rotatable bonds is 4. The molecule has 1 heterocycles. The molecule has 0 saturated carbocycles. The van der Waals surface area contributed by atoms with Crippen LogP contribution in [0.15, 0.2) is 54.6 Å². The monoisotopic (exact) mass is 341 g/mol. The van der Waals surface area contributed by atoms with E-state index in [-0.39, 0.29) is 18.0 Å². The fourth-order valence-corrected chi connectivity index (χ4v) is 3.66. The molecule has 0 spiro atoms. The van der Waals surface area contributed by atoms with Crippen molar-refractivity contribution >= 4 is 35.1 Å².